The Labute approximate surface area is 93.5 Å². The van der Waals surface area contributed by atoms with Gasteiger partial charge in [-0.05, 0) is 37.1 Å². The minimum absolute atomic E-state index is 0.0706. The molecule has 1 aromatic rings. The highest BCUT2D eigenvalue weighted by Crippen LogP contribution is 2.20. The average Bonchev–Trinajstić information content (AvgIpc) is 2.23. The topological polar surface area (TPSA) is 40.5 Å². The van der Waals surface area contributed by atoms with Crippen LogP contribution in [0.3, 0.4) is 0 Å². The largest absolute Gasteiger partial charge is 0.390 e. The Morgan fingerprint density at radius 3 is 2.56 bits per heavy atom. The van der Waals surface area contributed by atoms with Crippen molar-refractivity contribution in [3.05, 3.63) is 35.4 Å². The Morgan fingerprint density at radius 1 is 1.38 bits per heavy atom. The van der Waals surface area contributed by atoms with Crippen molar-refractivity contribution in [3.63, 3.8) is 0 Å². The highest BCUT2D eigenvalue weighted by atomic mass is 19.1. The Bertz CT molecular complexity index is 364. The summed E-state index contributed by atoms with van der Waals surface area (Å²) >= 11 is 0. The molecule has 0 aliphatic carbocycles. The van der Waals surface area contributed by atoms with E-state index < -0.39 is 23.3 Å². The van der Waals surface area contributed by atoms with E-state index in [1.54, 1.807) is 6.92 Å². The van der Waals surface area contributed by atoms with Gasteiger partial charge in [-0.1, -0.05) is 6.92 Å². The van der Waals surface area contributed by atoms with Gasteiger partial charge in [0.2, 0.25) is 0 Å². The second-order valence-electron chi connectivity index (χ2n) is 4.17. The molecular weight excluding hydrogens is 214 g/mol. The van der Waals surface area contributed by atoms with Gasteiger partial charge in [-0.3, -0.25) is 0 Å². The molecule has 0 saturated carbocycles. The molecule has 2 atom stereocenters. The normalized spacial score (nSPS) is 16.9. The summed E-state index contributed by atoms with van der Waals surface area (Å²) in [4.78, 5) is 0. The maximum absolute atomic E-state index is 13.3. The predicted octanol–water partition coefficient (Wildman–Crippen LogP) is 2.03. The number of benzene rings is 1. The Morgan fingerprint density at radius 2 is 2.00 bits per heavy atom. The van der Waals surface area contributed by atoms with Gasteiger partial charge in [-0.25, -0.2) is 8.78 Å². The number of rotatable bonds is 4. The summed E-state index contributed by atoms with van der Waals surface area (Å²) in [5, 5.41) is 19.5. The lowest BCUT2D eigenvalue weighted by Crippen LogP contribution is -2.40. The van der Waals surface area contributed by atoms with Gasteiger partial charge in [0.25, 0.3) is 0 Å². The molecular formula is C12H16F2O2. The van der Waals surface area contributed by atoms with Crippen LogP contribution in [-0.2, 0) is 6.42 Å². The van der Waals surface area contributed by atoms with E-state index in [1.165, 1.54) is 6.92 Å². The maximum atomic E-state index is 13.3. The van der Waals surface area contributed by atoms with Crippen molar-refractivity contribution >= 4 is 0 Å². The third-order valence-corrected chi connectivity index (χ3v) is 2.85. The van der Waals surface area contributed by atoms with Crippen LogP contribution in [0.2, 0.25) is 0 Å². The van der Waals surface area contributed by atoms with Gasteiger partial charge in [-0.15, -0.1) is 0 Å². The molecule has 0 saturated heterocycles. The van der Waals surface area contributed by atoms with E-state index in [-0.39, 0.29) is 12.0 Å². The van der Waals surface area contributed by atoms with Crippen LogP contribution in [0, 0.1) is 11.6 Å². The Hall–Kier alpha value is -1.00. The molecule has 0 fully saturated rings. The molecule has 90 valence electrons. The quantitative estimate of drug-likeness (QED) is 0.830. The summed E-state index contributed by atoms with van der Waals surface area (Å²) in [6.45, 7) is 3.18. The van der Waals surface area contributed by atoms with Crippen molar-refractivity contribution in [1.29, 1.82) is 0 Å². The smallest absolute Gasteiger partial charge is 0.126 e. The lowest BCUT2D eigenvalue weighted by Gasteiger charge is -2.27. The van der Waals surface area contributed by atoms with Gasteiger partial charge in [0.05, 0.1) is 11.7 Å². The molecule has 0 spiro atoms. The molecule has 16 heavy (non-hydrogen) atoms. The Balaban J connectivity index is 2.84. The molecule has 0 aromatic heterocycles. The zero-order valence-electron chi connectivity index (χ0n) is 9.37. The van der Waals surface area contributed by atoms with Crippen LogP contribution in [0.25, 0.3) is 0 Å². The fourth-order valence-corrected chi connectivity index (χ4v) is 1.36. The van der Waals surface area contributed by atoms with Crippen LogP contribution < -0.4 is 0 Å². The standard InChI is InChI=1S/C12H16F2O2/c1-3-12(2,16)11(15)7-8-6-9(13)4-5-10(8)14/h4-6,11,15-16H,3,7H2,1-2H3. The van der Waals surface area contributed by atoms with E-state index in [2.05, 4.69) is 0 Å². The van der Waals surface area contributed by atoms with Crippen molar-refractivity contribution < 1.29 is 19.0 Å². The van der Waals surface area contributed by atoms with Crippen LogP contribution in [0.4, 0.5) is 8.78 Å². The first kappa shape index (κ1) is 13.1. The minimum Gasteiger partial charge on any atom is -0.390 e. The van der Waals surface area contributed by atoms with Crippen molar-refractivity contribution in [2.75, 3.05) is 0 Å². The van der Waals surface area contributed by atoms with Crippen LogP contribution in [0.15, 0.2) is 18.2 Å². The zero-order valence-corrected chi connectivity index (χ0v) is 9.37. The zero-order chi connectivity index (χ0) is 12.3. The fourth-order valence-electron chi connectivity index (χ4n) is 1.36. The Kier molecular flexibility index (Phi) is 3.99. The van der Waals surface area contributed by atoms with E-state index in [1.807, 2.05) is 0 Å². The van der Waals surface area contributed by atoms with Crippen molar-refractivity contribution in [1.82, 2.24) is 0 Å². The molecule has 0 radical (unpaired) electrons. The van der Waals surface area contributed by atoms with E-state index in [0.717, 1.165) is 18.2 Å². The second kappa shape index (κ2) is 4.89. The molecule has 4 heteroatoms. The first-order chi connectivity index (χ1) is 7.36. The molecule has 2 nitrogen and oxygen atoms in total. The number of hydrogen-bond acceptors (Lipinski definition) is 2. The summed E-state index contributed by atoms with van der Waals surface area (Å²) < 4.78 is 26.1. The first-order valence-electron chi connectivity index (χ1n) is 5.21. The SMILES string of the molecule is CCC(C)(O)C(O)Cc1cc(F)ccc1F. The first-order valence-corrected chi connectivity index (χ1v) is 5.21. The van der Waals surface area contributed by atoms with Crippen LogP contribution >= 0.6 is 0 Å². The minimum atomic E-state index is -1.29. The lowest BCUT2D eigenvalue weighted by atomic mass is 9.91. The highest BCUT2D eigenvalue weighted by molar-refractivity contribution is 5.20. The number of aliphatic hydroxyl groups is 2. The predicted molar refractivity (Wildman–Crippen MR) is 57.0 cm³/mol. The summed E-state index contributed by atoms with van der Waals surface area (Å²) in [5.41, 5.74) is -1.22. The second-order valence-corrected chi connectivity index (χ2v) is 4.17. The third kappa shape index (κ3) is 3.00. The van der Waals surface area contributed by atoms with Crippen molar-refractivity contribution in [2.24, 2.45) is 0 Å². The van der Waals surface area contributed by atoms with Crippen molar-refractivity contribution in [2.45, 2.75) is 38.4 Å². The molecule has 0 amide bonds. The van der Waals surface area contributed by atoms with Crippen LogP contribution in [0.5, 0.6) is 0 Å². The summed E-state index contributed by atoms with van der Waals surface area (Å²) in [5.74, 6) is -1.13. The molecule has 1 rings (SSSR count). The van der Waals surface area contributed by atoms with Crippen molar-refractivity contribution in [3.8, 4) is 0 Å². The van der Waals surface area contributed by atoms with Gasteiger partial charge in [0, 0.05) is 6.42 Å². The molecule has 1 aromatic carbocycles. The lowest BCUT2D eigenvalue weighted by molar-refractivity contribution is -0.0632. The molecule has 2 unspecified atom stereocenters. The summed E-state index contributed by atoms with van der Waals surface area (Å²) in [7, 11) is 0. The van der Waals surface area contributed by atoms with Gasteiger partial charge < -0.3 is 10.2 Å². The molecule has 0 aliphatic rings. The third-order valence-electron chi connectivity index (χ3n) is 2.85. The van der Waals surface area contributed by atoms with E-state index >= 15 is 0 Å². The highest BCUT2D eigenvalue weighted by Gasteiger charge is 2.28. The molecule has 2 N–H and O–H groups in total. The van der Waals surface area contributed by atoms with Gasteiger partial charge in [0.15, 0.2) is 0 Å². The molecule has 0 bridgehead atoms. The average molecular weight is 230 g/mol. The monoisotopic (exact) mass is 230 g/mol. The molecule has 0 aliphatic heterocycles. The maximum Gasteiger partial charge on any atom is 0.126 e. The number of hydrogen-bond donors (Lipinski definition) is 2. The summed E-state index contributed by atoms with van der Waals surface area (Å²) in [6.07, 6.45) is -0.885. The van der Waals surface area contributed by atoms with E-state index in [0.29, 0.717) is 6.42 Å². The van der Waals surface area contributed by atoms with Gasteiger partial charge in [-0.2, -0.15) is 0 Å². The van der Waals surface area contributed by atoms with E-state index in [9.17, 15) is 19.0 Å². The fraction of sp³-hybridized carbons (Fsp3) is 0.500. The summed E-state index contributed by atoms with van der Waals surface area (Å²) in [6, 6.07) is 3.06. The molecule has 0 heterocycles. The van der Waals surface area contributed by atoms with Gasteiger partial charge in [0.1, 0.15) is 11.6 Å². The number of halogens is 2. The van der Waals surface area contributed by atoms with Gasteiger partial charge >= 0.3 is 0 Å². The van der Waals surface area contributed by atoms with E-state index in [4.69, 9.17) is 0 Å². The van der Waals surface area contributed by atoms with Crippen LogP contribution in [-0.4, -0.2) is 21.9 Å². The van der Waals surface area contributed by atoms with Crippen LogP contribution in [0.1, 0.15) is 25.8 Å². The number of aliphatic hydroxyl groups excluding tert-OH is 1.